The van der Waals surface area contributed by atoms with E-state index < -0.39 is 6.10 Å². The summed E-state index contributed by atoms with van der Waals surface area (Å²) in [7, 11) is 0. The third kappa shape index (κ3) is 5.75. The number of aliphatic hydroxyl groups excluding tert-OH is 1. The van der Waals surface area contributed by atoms with E-state index in [9.17, 15) is 5.11 Å². The lowest BCUT2D eigenvalue weighted by atomic mass is 10.1. The fourth-order valence-electron chi connectivity index (χ4n) is 3.63. The summed E-state index contributed by atoms with van der Waals surface area (Å²) in [6.45, 7) is 3.38. The average molecular weight is 481 g/mol. The van der Waals surface area contributed by atoms with Crippen LogP contribution >= 0.6 is 0 Å². The van der Waals surface area contributed by atoms with E-state index >= 15 is 0 Å². The second kappa shape index (κ2) is 10.8. The molecule has 0 radical (unpaired) electrons. The zero-order chi connectivity index (χ0) is 24.7. The Morgan fingerprint density at radius 3 is 2.53 bits per heavy atom. The number of benzene rings is 1. The smallest absolute Gasteiger partial charge is 0.167 e. The summed E-state index contributed by atoms with van der Waals surface area (Å²) in [5, 5.41) is 20.9. The SMILES string of the molecule is C[C@H](O)c1nccn1Cc1cc(-c2ccc(C#Cc3ccc(CNCc4ccno4)nc3)cc2)on1. The van der Waals surface area contributed by atoms with Crippen molar-refractivity contribution in [3.05, 3.63) is 107 Å². The number of imidazole rings is 1. The second-order valence-electron chi connectivity index (χ2n) is 8.22. The van der Waals surface area contributed by atoms with Crippen LogP contribution in [0.2, 0.25) is 0 Å². The quantitative estimate of drug-likeness (QED) is 0.323. The Kier molecular flexibility index (Phi) is 6.98. The van der Waals surface area contributed by atoms with Crippen molar-refractivity contribution in [1.82, 2.24) is 30.2 Å². The Morgan fingerprint density at radius 1 is 0.944 bits per heavy atom. The number of pyridine rings is 1. The third-order valence-corrected chi connectivity index (χ3v) is 5.45. The zero-order valence-corrected chi connectivity index (χ0v) is 19.6. The molecule has 0 aliphatic heterocycles. The molecule has 0 saturated carbocycles. The third-order valence-electron chi connectivity index (χ3n) is 5.45. The lowest BCUT2D eigenvalue weighted by Crippen LogP contribution is -2.13. The monoisotopic (exact) mass is 480 g/mol. The molecule has 180 valence electrons. The van der Waals surface area contributed by atoms with E-state index in [0.717, 1.165) is 33.8 Å². The molecule has 0 amide bonds. The number of aromatic nitrogens is 5. The molecule has 9 heteroatoms. The number of nitrogens with one attached hydrogen (secondary N) is 1. The number of nitrogens with zero attached hydrogens (tertiary/aromatic N) is 5. The lowest BCUT2D eigenvalue weighted by molar-refractivity contribution is 0.184. The van der Waals surface area contributed by atoms with Gasteiger partial charge in [0.05, 0.1) is 25.0 Å². The fourth-order valence-corrected chi connectivity index (χ4v) is 3.63. The molecule has 0 aliphatic carbocycles. The topological polar surface area (TPSA) is 115 Å². The molecule has 0 bridgehead atoms. The molecule has 0 aliphatic rings. The number of rotatable bonds is 8. The van der Waals surface area contributed by atoms with Crippen molar-refractivity contribution in [1.29, 1.82) is 0 Å². The maximum atomic E-state index is 9.82. The predicted octanol–water partition coefficient (Wildman–Crippen LogP) is 3.71. The van der Waals surface area contributed by atoms with Crippen molar-refractivity contribution in [2.75, 3.05) is 0 Å². The highest BCUT2D eigenvalue weighted by atomic mass is 16.5. The van der Waals surface area contributed by atoms with Gasteiger partial charge in [0.1, 0.15) is 23.4 Å². The molecule has 5 aromatic rings. The molecular weight excluding hydrogens is 456 g/mol. The van der Waals surface area contributed by atoms with Crippen molar-refractivity contribution < 1.29 is 14.2 Å². The molecule has 0 fully saturated rings. The summed E-state index contributed by atoms with van der Waals surface area (Å²) in [6.07, 6.45) is 6.21. The van der Waals surface area contributed by atoms with Crippen LogP contribution in [0.1, 0.15) is 47.1 Å². The van der Waals surface area contributed by atoms with Crippen LogP contribution < -0.4 is 5.32 Å². The molecule has 0 unspecified atom stereocenters. The van der Waals surface area contributed by atoms with Gasteiger partial charge in [-0.1, -0.05) is 22.2 Å². The van der Waals surface area contributed by atoms with Gasteiger partial charge in [-0.05, 0) is 43.3 Å². The number of hydrogen-bond acceptors (Lipinski definition) is 8. The minimum atomic E-state index is -0.651. The van der Waals surface area contributed by atoms with Gasteiger partial charge >= 0.3 is 0 Å². The molecule has 4 aromatic heterocycles. The van der Waals surface area contributed by atoms with Crippen LogP contribution in [0.4, 0.5) is 0 Å². The van der Waals surface area contributed by atoms with E-state index in [0.29, 0.717) is 31.2 Å². The van der Waals surface area contributed by atoms with Crippen LogP contribution in [-0.2, 0) is 19.6 Å². The average Bonchev–Trinajstić information content (AvgIpc) is 3.67. The molecule has 2 N–H and O–H groups in total. The van der Waals surface area contributed by atoms with E-state index in [4.69, 9.17) is 9.05 Å². The molecule has 36 heavy (non-hydrogen) atoms. The first-order chi connectivity index (χ1) is 17.6. The van der Waals surface area contributed by atoms with Crippen molar-refractivity contribution in [2.45, 2.75) is 32.7 Å². The molecule has 0 spiro atoms. The van der Waals surface area contributed by atoms with Gasteiger partial charge < -0.3 is 24.0 Å². The van der Waals surface area contributed by atoms with Crippen LogP contribution in [0.25, 0.3) is 11.3 Å². The van der Waals surface area contributed by atoms with Crippen molar-refractivity contribution in [3.8, 4) is 23.2 Å². The van der Waals surface area contributed by atoms with Crippen LogP contribution in [0.5, 0.6) is 0 Å². The molecule has 1 aromatic carbocycles. The Hall–Kier alpha value is -4.52. The van der Waals surface area contributed by atoms with E-state index in [1.54, 1.807) is 25.5 Å². The van der Waals surface area contributed by atoms with E-state index in [1.807, 2.05) is 59.3 Å². The van der Waals surface area contributed by atoms with Crippen LogP contribution in [0.15, 0.2) is 82.4 Å². The molecule has 4 heterocycles. The summed E-state index contributed by atoms with van der Waals surface area (Å²) in [4.78, 5) is 8.64. The van der Waals surface area contributed by atoms with Crippen LogP contribution in [0.3, 0.4) is 0 Å². The molecule has 0 saturated heterocycles. The molecule has 1 atom stereocenters. The van der Waals surface area contributed by atoms with Gasteiger partial charge in [-0.25, -0.2) is 4.98 Å². The van der Waals surface area contributed by atoms with Crippen LogP contribution in [0, 0.1) is 11.8 Å². The van der Waals surface area contributed by atoms with Crippen molar-refractivity contribution in [2.24, 2.45) is 0 Å². The van der Waals surface area contributed by atoms with Gasteiger partial charge in [-0.3, -0.25) is 4.98 Å². The van der Waals surface area contributed by atoms with Gasteiger partial charge in [0.2, 0.25) is 0 Å². The Labute approximate surface area is 207 Å². The minimum absolute atomic E-state index is 0.470. The van der Waals surface area contributed by atoms with Gasteiger partial charge in [-0.15, -0.1) is 0 Å². The maximum Gasteiger partial charge on any atom is 0.167 e. The predicted molar refractivity (Wildman–Crippen MR) is 131 cm³/mol. The van der Waals surface area contributed by atoms with E-state index in [1.165, 1.54) is 0 Å². The highest BCUT2D eigenvalue weighted by molar-refractivity contribution is 5.59. The lowest BCUT2D eigenvalue weighted by Gasteiger charge is -2.07. The van der Waals surface area contributed by atoms with Gasteiger partial charge in [-0.2, -0.15) is 0 Å². The van der Waals surface area contributed by atoms with Gasteiger partial charge in [0.15, 0.2) is 5.76 Å². The largest absolute Gasteiger partial charge is 0.385 e. The molecular formula is C27H24N6O3. The summed E-state index contributed by atoms with van der Waals surface area (Å²) >= 11 is 0. The van der Waals surface area contributed by atoms with Crippen molar-refractivity contribution in [3.63, 3.8) is 0 Å². The standard InChI is InChI=1S/C27H24N6O3/c1-19(34)27-29-12-13-33(27)18-24-14-26(36-32-24)22-7-4-20(5-8-22)2-3-21-6-9-23(30-15-21)16-28-17-25-10-11-31-35-25/h4-15,19,28,34H,16-18H2,1H3/t19-/m0/s1. The highest BCUT2D eigenvalue weighted by Gasteiger charge is 2.12. The van der Waals surface area contributed by atoms with E-state index in [2.05, 4.69) is 37.4 Å². The Balaban J connectivity index is 1.17. The minimum Gasteiger partial charge on any atom is -0.385 e. The van der Waals surface area contributed by atoms with Gasteiger partial charge in [0.25, 0.3) is 0 Å². The summed E-state index contributed by atoms with van der Waals surface area (Å²) in [6, 6.07) is 15.4. The first-order valence-corrected chi connectivity index (χ1v) is 11.5. The molecule has 9 nitrogen and oxygen atoms in total. The van der Waals surface area contributed by atoms with Gasteiger partial charge in [0, 0.05) is 54.0 Å². The van der Waals surface area contributed by atoms with E-state index in [-0.39, 0.29) is 0 Å². The normalized spacial score (nSPS) is 11.7. The summed E-state index contributed by atoms with van der Waals surface area (Å²) in [5.41, 5.74) is 4.30. The fraction of sp³-hybridized carbons (Fsp3) is 0.185. The Morgan fingerprint density at radius 2 is 1.78 bits per heavy atom. The maximum absolute atomic E-state index is 9.82. The van der Waals surface area contributed by atoms with Crippen LogP contribution in [-0.4, -0.2) is 30.0 Å². The summed E-state index contributed by atoms with van der Waals surface area (Å²) < 4.78 is 12.4. The van der Waals surface area contributed by atoms with Crippen molar-refractivity contribution >= 4 is 0 Å². The number of hydrogen-bond donors (Lipinski definition) is 2. The molecule has 5 rings (SSSR count). The second-order valence-corrected chi connectivity index (χ2v) is 8.22. The first kappa shape index (κ1) is 23.2. The summed E-state index contributed by atoms with van der Waals surface area (Å²) in [5.74, 6) is 8.36. The highest BCUT2D eigenvalue weighted by Crippen LogP contribution is 2.22. The zero-order valence-electron chi connectivity index (χ0n) is 19.6. The Bertz CT molecular complexity index is 1460. The number of aliphatic hydroxyl groups is 1. The first-order valence-electron chi connectivity index (χ1n) is 11.5.